The second kappa shape index (κ2) is 10.9. The molecule has 0 aliphatic heterocycles. The Morgan fingerprint density at radius 1 is 0.971 bits per heavy atom. The summed E-state index contributed by atoms with van der Waals surface area (Å²) in [7, 11) is 3.29. The lowest BCUT2D eigenvalue weighted by Crippen LogP contribution is -2.27. The third-order valence-electron chi connectivity index (χ3n) is 6.37. The quantitative estimate of drug-likeness (QED) is 0.325. The minimum atomic E-state index is -0.168. The van der Waals surface area contributed by atoms with E-state index in [-0.39, 0.29) is 11.8 Å². The Kier molecular flexibility index (Phi) is 7.53. The van der Waals surface area contributed by atoms with Gasteiger partial charge in [0.15, 0.2) is 0 Å². The van der Waals surface area contributed by atoms with Gasteiger partial charge < -0.3 is 19.8 Å². The molecule has 34 heavy (non-hydrogen) atoms. The van der Waals surface area contributed by atoms with Crippen LogP contribution in [0.1, 0.15) is 41.5 Å². The molecule has 3 aromatic carbocycles. The average molecular weight is 457 g/mol. The molecule has 2 N–H and O–H groups in total. The van der Waals surface area contributed by atoms with Gasteiger partial charge in [0.1, 0.15) is 11.5 Å². The minimum absolute atomic E-state index is 0.0137. The molecule has 1 aromatic heterocycles. The van der Waals surface area contributed by atoms with Crippen LogP contribution in [-0.4, -0.2) is 31.7 Å². The van der Waals surface area contributed by atoms with Crippen LogP contribution in [0.5, 0.6) is 11.5 Å². The number of ether oxygens (including phenoxy) is 2. The lowest BCUT2D eigenvalue weighted by Gasteiger charge is -2.20. The molecule has 1 atom stereocenters. The Bertz CT molecular complexity index is 1250. The molecule has 0 unspecified atom stereocenters. The summed E-state index contributed by atoms with van der Waals surface area (Å²) in [5, 5.41) is 4.25. The number of H-pyrrole nitrogens is 1. The van der Waals surface area contributed by atoms with Crippen LogP contribution in [0.2, 0.25) is 0 Å². The van der Waals surface area contributed by atoms with Gasteiger partial charge in [0.2, 0.25) is 5.91 Å². The smallest absolute Gasteiger partial charge is 0.220 e. The number of aromatic amines is 1. The fourth-order valence-corrected chi connectivity index (χ4v) is 4.56. The van der Waals surface area contributed by atoms with E-state index in [2.05, 4.69) is 47.6 Å². The van der Waals surface area contributed by atoms with Gasteiger partial charge in [0, 0.05) is 47.6 Å². The summed E-state index contributed by atoms with van der Waals surface area (Å²) in [5.41, 5.74) is 5.65. The molecule has 4 aromatic rings. The Labute approximate surface area is 201 Å². The van der Waals surface area contributed by atoms with Gasteiger partial charge in [-0.15, -0.1) is 0 Å². The molecule has 0 radical (unpaired) electrons. The summed E-state index contributed by atoms with van der Waals surface area (Å²) >= 11 is 0. The number of aryl methyl sites for hydroxylation is 1. The number of benzene rings is 3. The number of carbonyl (C=O) groups excluding carboxylic acids is 1. The largest absolute Gasteiger partial charge is 0.497 e. The van der Waals surface area contributed by atoms with Gasteiger partial charge in [-0.2, -0.15) is 0 Å². The highest BCUT2D eigenvalue weighted by molar-refractivity contribution is 5.88. The second-order valence-corrected chi connectivity index (χ2v) is 8.39. The number of para-hydroxylation sites is 1. The molecule has 4 rings (SSSR count). The van der Waals surface area contributed by atoms with E-state index in [1.807, 2.05) is 42.6 Å². The van der Waals surface area contributed by atoms with Crippen LogP contribution in [0.4, 0.5) is 0 Å². The molecule has 176 valence electrons. The molecular weight excluding hydrogens is 424 g/mol. The van der Waals surface area contributed by atoms with Crippen molar-refractivity contribution in [2.75, 3.05) is 20.8 Å². The monoisotopic (exact) mass is 456 g/mol. The van der Waals surface area contributed by atoms with Gasteiger partial charge in [-0.3, -0.25) is 4.79 Å². The fourth-order valence-electron chi connectivity index (χ4n) is 4.56. The molecule has 1 heterocycles. The standard InChI is InChI=1S/C29H32N2O3/c1-4-21-11-8-12-24-26(19-31-29(21)24)25(23-14-13-22(33-2)17-27(23)34-3)18-28(32)30-16-15-20-9-6-5-7-10-20/h5-14,17,19,25,31H,4,15-16,18H2,1-3H3,(H,30,32)/t25-/m1/s1. The van der Waals surface area contributed by atoms with Crippen LogP contribution in [0, 0.1) is 0 Å². The van der Waals surface area contributed by atoms with Crippen molar-refractivity contribution in [3.8, 4) is 11.5 Å². The highest BCUT2D eigenvalue weighted by Crippen LogP contribution is 2.39. The van der Waals surface area contributed by atoms with Crippen molar-refractivity contribution in [3.63, 3.8) is 0 Å². The van der Waals surface area contributed by atoms with Crippen molar-refractivity contribution in [1.29, 1.82) is 0 Å². The number of hydrogen-bond donors (Lipinski definition) is 2. The lowest BCUT2D eigenvalue weighted by atomic mass is 9.87. The van der Waals surface area contributed by atoms with E-state index >= 15 is 0 Å². The topological polar surface area (TPSA) is 63.4 Å². The Morgan fingerprint density at radius 2 is 1.79 bits per heavy atom. The molecule has 0 saturated carbocycles. The van der Waals surface area contributed by atoms with Crippen molar-refractivity contribution in [1.82, 2.24) is 10.3 Å². The first-order valence-electron chi connectivity index (χ1n) is 11.8. The van der Waals surface area contributed by atoms with Crippen LogP contribution >= 0.6 is 0 Å². The first kappa shape index (κ1) is 23.4. The molecule has 0 aliphatic carbocycles. The molecule has 0 saturated heterocycles. The van der Waals surface area contributed by atoms with E-state index in [9.17, 15) is 4.79 Å². The SMILES string of the molecule is CCc1cccc2c([C@H](CC(=O)NCCc3ccccc3)c3ccc(OC)cc3OC)c[nH]c12. The molecular formula is C29H32N2O3. The number of carbonyl (C=O) groups is 1. The fraction of sp³-hybridized carbons (Fsp3) is 0.276. The van der Waals surface area contributed by atoms with Crippen molar-refractivity contribution < 1.29 is 14.3 Å². The van der Waals surface area contributed by atoms with E-state index in [0.29, 0.717) is 18.7 Å². The predicted molar refractivity (Wildman–Crippen MR) is 137 cm³/mol. The zero-order valence-corrected chi connectivity index (χ0v) is 20.1. The van der Waals surface area contributed by atoms with Crippen LogP contribution in [0.25, 0.3) is 10.9 Å². The predicted octanol–water partition coefficient (Wildman–Crippen LogP) is 5.63. The number of nitrogens with one attached hydrogen (secondary N) is 2. The van der Waals surface area contributed by atoms with Gasteiger partial charge in [-0.25, -0.2) is 0 Å². The summed E-state index contributed by atoms with van der Waals surface area (Å²) < 4.78 is 11.1. The number of hydrogen-bond acceptors (Lipinski definition) is 3. The highest BCUT2D eigenvalue weighted by atomic mass is 16.5. The van der Waals surface area contributed by atoms with E-state index in [4.69, 9.17) is 9.47 Å². The average Bonchev–Trinajstić information content (AvgIpc) is 3.31. The summed E-state index contributed by atoms with van der Waals surface area (Å²) in [6, 6.07) is 22.3. The maximum atomic E-state index is 13.1. The van der Waals surface area contributed by atoms with E-state index in [1.165, 1.54) is 11.1 Å². The number of rotatable bonds is 10. The summed E-state index contributed by atoms with van der Waals surface area (Å²) in [4.78, 5) is 16.6. The Hall–Kier alpha value is -3.73. The Morgan fingerprint density at radius 3 is 2.53 bits per heavy atom. The number of methoxy groups -OCH3 is 2. The highest BCUT2D eigenvalue weighted by Gasteiger charge is 2.25. The van der Waals surface area contributed by atoms with Crippen molar-refractivity contribution in [2.45, 2.75) is 32.1 Å². The van der Waals surface area contributed by atoms with Gasteiger partial charge in [-0.05, 0) is 35.6 Å². The van der Waals surface area contributed by atoms with Crippen molar-refractivity contribution in [3.05, 3.63) is 95.2 Å². The molecule has 1 amide bonds. The van der Waals surface area contributed by atoms with Crippen LogP contribution in [-0.2, 0) is 17.6 Å². The van der Waals surface area contributed by atoms with Gasteiger partial charge in [0.25, 0.3) is 0 Å². The molecule has 5 nitrogen and oxygen atoms in total. The number of fused-ring (bicyclic) bond motifs is 1. The van der Waals surface area contributed by atoms with E-state index < -0.39 is 0 Å². The normalized spacial score (nSPS) is 11.9. The third kappa shape index (κ3) is 5.09. The third-order valence-corrected chi connectivity index (χ3v) is 6.37. The first-order chi connectivity index (χ1) is 16.6. The summed E-state index contributed by atoms with van der Waals surface area (Å²) in [5.74, 6) is 1.28. The second-order valence-electron chi connectivity index (χ2n) is 8.39. The molecule has 5 heteroatoms. The van der Waals surface area contributed by atoms with Crippen LogP contribution in [0.15, 0.2) is 72.9 Å². The molecule has 0 bridgehead atoms. The number of amides is 1. The van der Waals surface area contributed by atoms with E-state index in [1.54, 1.807) is 14.2 Å². The van der Waals surface area contributed by atoms with Gasteiger partial charge >= 0.3 is 0 Å². The molecule has 0 aliphatic rings. The molecule has 0 spiro atoms. The number of aromatic nitrogens is 1. The lowest BCUT2D eigenvalue weighted by molar-refractivity contribution is -0.121. The van der Waals surface area contributed by atoms with Crippen LogP contribution in [0.3, 0.4) is 0 Å². The summed E-state index contributed by atoms with van der Waals surface area (Å²) in [6.45, 7) is 2.75. The zero-order valence-electron chi connectivity index (χ0n) is 20.1. The van der Waals surface area contributed by atoms with Crippen LogP contribution < -0.4 is 14.8 Å². The van der Waals surface area contributed by atoms with Crippen molar-refractivity contribution in [2.24, 2.45) is 0 Å². The zero-order chi connectivity index (χ0) is 23.9. The first-order valence-corrected chi connectivity index (χ1v) is 11.8. The molecule has 0 fully saturated rings. The Balaban J connectivity index is 1.64. The van der Waals surface area contributed by atoms with Gasteiger partial charge in [0.05, 0.1) is 14.2 Å². The van der Waals surface area contributed by atoms with Gasteiger partial charge in [-0.1, -0.05) is 61.5 Å². The summed E-state index contributed by atoms with van der Waals surface area (Å²) in [6.07, 6.45) is 4.10. The van der Waals surface area contributed by atoms with E-state index in [0.717, 1.165) is 40.6 Å². The van der Waals surface area contributed by atoms with Crippen molar-refractivity contribution >= 4 is 16.8 Å². The minimum Gasteiger partial charge on any atom is -0.497 e. The maximum Gasteiger partial charge on any atom is 0.220 e. The maximum absolute atomic E-state index is 13.1.